The SMILES string of the molecule is CCn1c(C)c(C(=O)CN(C)S(=O)(=O)c2ccc(F)cc2)c(C)c1C(=O)OC. The average Bonchev–Trinajstić information content (AvgIpc) is 2.90. The predicted octanol–water partition coefficient (Wildman–Crippen LogP) is 2.55. The van der Waals surface area contributed by atoms with Crippen LogP contribution in [0, 0.1) is 19.7 Å². The van der Waals surface area contributed by atoms with Gasteiger partial charge in [0.05, 0.1) is 18.6 Å². The van der Waals surface area contributed by atoms with Crippen molar-refractivity contribution in [1.82, 2.24) is 8.87 Å². The van der Waals surface area contributed by atoms with Crippen molar-refractivity contribution in [2.45, 2.75) is 32.2 Å². The number of ketones is 1. The van der Waals surface area contributed by atoms with Crippen molar-refractivity contribution in [2.75, 3.05) is 20.7 Å². The fraction of sp³-hybridized carbons (Fsp3) is 0.368. The molecule has 0 aliphatic carbocycles. The van der Waals surface area contributed by atoms with Crippen molar-refractivity contribution in [3.8, 4) is 0 Å². The zero-order valence-electron chi connectivity index (χ0n) is 16.4. The van der Waals surface area contributed by atoms with Crippen LogP contribution in [0.1, 0.15) is 39.0 Å². The zero-order chi connectivity index (χ0) is 21.2. The van der Waals surface area contributed by atoms with E-state index in [9.17, 15) is 22.4 Å². The molecule has 0 saturated heterocycles. The summed E-state index contributed by atoms with van der Waals surface area (Å²) >= 11 is 0. The van der Waals surface area contributed by atoms with Gasteiger partial charge in [0, 0.05) is 24.8 Å². The molecule has 7 nitrogen and oxygen atoms in total. The molecule has 0 aliphatic heterocycles. The third-order valence-electron chi connectivity index (χ3n) is 4.63. The van der Waals surface area contributed by atoms with Crippen molar-refractivity contribution in [1.29, 1.82) is 0 Å². The molecule has 0 spiro atoms. The minimum Gasteiger partial charge on any atom is -0.464 e. The van der Waals surface area contributed by atoms with Crippen LogP contribution >= 0.6 is 0 Å². The van der Waals surface area contributed by atoms with Crippen LogP contribution in [-0.4, -0.2) is 49.7 Å². The van der Waals surface area contributed by atoms with E-state index in [1.54, 1.807) is 18.4 Å². The topological polar surface area (TPSA) is 85.7 Å². The first-order valence-electron chi connectivity index (χ1n) is 8.59. The van der Waals surface area contributed by atoms with Gasteiger partial charge in [-0.3, -0.25) is 4.79 Å². The van der Waals surface area contributed by atoms with E-state index in [1.165, 1.54) is 14.2 Å². The number of halogens is 1. The number of aromatic nitrogens is 1. The largest absolute Gasteiger partial charge is 0.464 e. The molecule has 1 aromatic carbocycles. The number of ether oxygens (including phenoxy) is 1. The lowest BCUT2D eigenvalue weighted by Gasteiger charge is -2.17. The molecule has 2 rings (SSSR count). The van der Waals surface area contributed by atoms with Gasteiger partial charge < -0.3 is 9.30 Å². The monoisotopic (exact) mass is 410 g/mol. The fourth-order valence-electron chi connectivity index (χ4n) is 3.21. The Morgan fingerprint density at radius 2 is 1.75 bits per heavy atom. The van der Waals surface area contributed by atoms with Crippen LogP contribution in [0.4, 0.5) is 4.39 Å². The van der Waals surface area contributed by atoms with Crippen LogP contribution in [0.15, 0.2) is 29.2 Å². The lowest BCUT2D eigenvalue weighted by molar-refractivity contribution is 0.0587. The van der Waals surface area contributed by atoms with Crippen LogP contribution in [0.5, 0.6) is 0 Å². The molecular weight excluding hydrogens is 387 g/mol. The van der Waals surface area contributed by atoms with E-state index in [1.807, 2.05) is 6.92 Å². The Balaban J connectivity index is 2.38. The van der Waals surface area contributed by atoms with Crippen molar-refractivity contribution in [2.24, 2.45) is 0 Å². The van der Waals surface area contributed by atoms with Crippen LogP contribution in [0.3, 0.4) is 0 Å². The second-order valence-corrected chi connectivity index (χ2v) is 8.35. The molecule has 0 atom stereocenters. The van der Waals surface area contributed by atoms with Crippen molar-refractivity contribution < 1.29 is 27.1 Å². The molecule has 0 aliphatic rings. The summed E-state index contributed by atoms with van der Waals surface area (Å²) in [4.78, 5) is 24.9. The number of esters is 1. The molecule has 2 aromatic rings. The van der Waals surface area contributed by atoms with Gasteiger partial charge in [-0.2, -0.15) is 4.31 Å². The minimum absolute atomic E-state index is 0.112. The van der Waals surface area contributed by atoms with Gasteiger partial charge in [0.25, 0.3) is 0 Å². The van der Waals surface area contributed by atoms with Crippen molar-refractivity contribution in [3.63, 3.8) is 0 Å². The number of rotatable bonds is 7. The lowest BCUT2D eigenvalue weighted by atomic mass is 10.1. The highest BCUT2D eigenvalue weighted by atomic mass is 32.2. The van der Waals surface area contributed by atoms with E-state index in [0.717, 1.165) is 28.6 Å². The van der Waals surface area contributed by atoms with Crippen LogP contribution < -0.4 is 0 Å². The normalized spacial score (nSPS) is 11.7. The Labute approximate surface area is 163 Å². The number of carbonyl (C=O) groups excluding carboxylic acids is 2. The second-order valence-electron chi connectivity index (χ2n) is 6.31. The summed E-state index contributed by atoms with van der Waals surface area (Å²) in [5.41, 5.74) is 1.58. The molecule has 9 heteroatoms. The number of methoxy groups -OCH3 is 1. The molecule has 152 valence electrons. The first kappa shape index (κ1) is 21.8. The molecule has 0 unspecified atom stereocenters. The zero-order valence-corrected chi connectivity index (χ0v) is 17.3. The number of hydrogen-bond acceptors (Lipinski definition) is 5. The molecule has 0 fully saturated rings. The number of benzene rings is 1. The maximum absolute atomic E-state index is 13.1. The summed E-state index contributed by atoms with van der Waals surface area (Å²) in [6.45, 7) is 5.19. The Kier molecular flexibility index (Phi) is 6.41. The summed E-state index contributed by atoms with van der Waals surface area (Å²) in [5, 5.41) is 0. The predicted molar refractivity (Wildman–Crippen MR) is 101 cm³/mol. The average molecular weight is 410 g/mol. The van der Waals surface area contributed by atoms with Crippen molar-refractivity contribution in [3.05, 3.63) is 52.6 Å². The Bertz CT molecular complexity index is 1010. The van der Waals surface area contributed by atoms with Gasteiger partial charge in [-0.25, -0.2) is 17.6 Å². The standard InChI is InChI=1S/C19H23FN2O5S/c1-6-22-13(3)17(12(2)18(22)19(24)27-5)16(23)11-21(4)28(25,26)15-9-7-14(20)8-10-15/h7-10H,6,11H2,1-5H3. The van der Waals surface area contributed by atoms with E-state index in [2.05, 4.69) is 0 Å². The quantitative estimate of drug-likeness (QED) is 0.517. The first-order valence-corrected chi connectivity index (χ1v) is 10.0. The number of sulfonamides is 1. The Morgan fingerprint density at radius 1 is 1.18 bits per heavy atom. The molecular formula is C19H23FN2O5S. The second kappa shape index (κ2) is 8.24. The highest BCUT2D eigenvalue weighted by Crippen LogP contribution is 2.24. The molecule has 0 radical (unpaired) electrons. The maximum Gasteiger partial charge on any atom is 0.354 e. The third kappa shape index (κ3) is 3.85. The van der Waals surface area contributed by atoms with Crippen molar-refractivity contribution >= 4 is 21.8 Å². The van der Waals surface area contributed by atoms with Gasteiger partial charge in [0.2, 0.25) is 10.0 Å². The van der Waals surface area contributed by atoms with E-state index < -0.39 is 34.1 Å². The lowest BCUT2D eigenvalue weighted by Crippen LogP contribution is -2.32. The van der Waals surface area contributed by atoms with Gasteiger partial charge in [0.15, 0.2) is 5.78 Å². The number of carbonyl (C=O) groups is 2. The third-order valence-corrected chi connectivity index (χ3v) is 6.45. The Morgan fingerprint density at radius 3 is 2.25 bits per heavy atom. The number of hydrogen-bond donors (Lipinski definition) is 0. The van der Waals surface area contributed by atoms with Gasteiger partial charge in [0.1, 0.15) is 11.5 Å². The van der Waals surface area contributed by atoms with Gasteiger partial charge in [-0.1, -0.05) is 0 Å². The van der Waals surface area contributed by atoms with E-state index in [4.69, 9.17) is 4.74 Å². The number of Topliss-reactive ketones (excluding diaryl/α,β-unsaturated/α-hetero) is 1. The Hall–Kier alpha value is -2.52. The highest BCUT2D eigenvalue weighted by molar-refractivity contribution is 7.89. The van der Waals surface area contributed by atoms with Crippen LogP contribution in [0.2, 0.25) is 0 Å². The molecule has 1 aromatic heterocycles. The summed E-state index contributed by atoms with van der Waals surface area (Å²) < 4.78 is 45.7. The summed E-state index contributed by atoms with van der Waals surface area (Å²) in [6.07, 6.45) is 0. The minimum atomic E-state index is -3.97. The summed E-state index contributed by atoms with van der Waals surface area (Å²) in [5.74, 6) is -1.56. The first-order chi connectivity index (χ1) is 13.1. The highest BCUT2D eigenvalue weighted by Gasteiger charge is 2.29. The molecule has 28 heavy (non-hydrogen) atoms. The van der Waals surface area contributed by atoms with E-state index in [0.29, 0.717) is 23.4 Å². The number of likely N-dealkylation sites (N-methyl/N-ethyl adjacent to an activating group) is 1. The smallest absolute Gasteiger partial charge is 0.354 e. The summed E-state index contributed by atoms with van der Waals surface area (Å²) in [6, 6.07) is 4.37. The van der Waals surface area contributed by atoms with Gasteiger partial charge >= 0.3 is 5.97 Å². The molecule has 0 N–H and O–H groups in total. The molecule has 1 heterocycles. The molecule has 0 bridgehead atoms. The maximum atomic E-state index is 13.1. The summed E-state index contributed by atoms with van der Waals surface area (Å²) in [7, 11) is -1.43. The van der Waals surface area contributed by atoms with E-state index >= 15 is 0 Å². The van der Waals surface area contributed by atoms with Gasteiger partial charge in [-0.15, -0.1) is 0 Å². The van der Waals surface area contributed by atoms with Crippen LogP contribution in [0.25, 0.3) is 0 Å². The van der Waals surface area contributed by atoms with Crippen LogP contribution in [-0.2, 0) is 21.3 Å². The number of nitrogens with zero attached hydrogens (tertiary/aromatic N) is 2. The molecule has 0 amide bonds. The van der Waals surface area contributed by atoms with E-state index in [-0.39, 0.29) is 10.6 Å². The fourth-order valence-corrected chi connectivity index (χ4v) is 4.34. The van der Waals surface area contributed by atoms with Gasteiger partial charge in [-0.05, 0) is 50.6 Å². The molecule has 0 saturated carbocycles.